The predicted octanol–water partition coefficient (Wildman–Crippen LogP) is 3.86. The van der Waals surface area contributed by atoms with Crippen LogP contribution in [0.15, 0.2) is 57.8 Å². The van der Waals surface area contributed by atoms with E-state index < -0.39 is 33.5 Å². The number of sulfonamides is 1. The normalized spacial score (nSPS) is 16.1. The van der Waals surface area contributed by atoms with Gasteiger partial charge in [0, 0.05) is 18.5 Å². The zero-order valence-electron chi connectivity index (χ0n) is 15.9. The molecule has 1 saturated heterocycles. The lowest BCUT2D eigenvalue weighted by atomic mass is 9.98. The van der Waals surface area contributed by atoms with Crippen molar-refractivity contribution in [3.8, 4) is 0 Å². The number of esters is 1. The molecule has 0 aliphatic carbocycles. The highest BCUT2D eigenvalue weighted by Crippen LogP contribution is 2.26. The summed E-state index contributed by atoms with van der Waals surface area (Å²) in [6.07, 6.45) is 0.559. The molecule has 158 valence electrons. The number of nitrogens with zero attached hydrogens (tertiary/aromatic N) is 1. The van der Waals surface area contributed by atoms with E-state index in [0.717, 1.165) is 17.5 Å². The van der Waals surface area contributed by atoms with Gasteiger partial charge < -0.3 is 9.15 Å². The van der Waals surface area contributed by atoms with Crippen LogP contribution < -0.4 is 0 Å². The summed E-state index contributed by atoms with van der Waals surface area (Å²) in [5.74, 6) is -2.66. The minimum Gasteiger partial charge on any atom is -0.457 e. The second-order valence-corrected chi connectivity index (χ2v) is 9.05. The molecule has 30 heavy (non-hydrogen) atoms. The van der Waals surface area contributed by atoms with Crippen molar-refractivity contribution in [3.63, 3.8) is 0 Å². The maximum atomic E-state index is 13.4. The van der Waals surface area contributed by atoms with E-state index in [1.54, 1.807) is 6.07 Å². The second kappa shape index (κ2) is 8.16. The fourth-order valence-corrected chi connectivity index (χ4v) is 4.97. The Hall–Kier alpha value is -2.78. The second-order valence-electron chi connectivity index (χ2n) is 7.11. The smallest absolute Gasteiger partial charge is 0.309 e. The molecule has 0 saturated carbocycles. The molecule has 3 aromatic rings. The Bertz CT molecular complexity index is 1150. The monoisotopic (exact) mass is 435 g/mol. The van der Waals surface area contributed by atoms with Crippen LogP contribution in [0.4, 0.5) is 8.78 Å². The number of rotatable bonds is 5. The van der Waals surface area contributed by atoms with Crippen molar-refractivity contribution in [2.24, 2.45) is 5.92 Å². The van der Waals surface area contributed by atoms with Gasteiger partial charge in [-0.25, -0.2) is 17.2 Å². The van der Waals surface area contributed by atoms with Gasteiger partial charge >= 0.3 is 5.97 Å². The van der Waals surface area contributed by atoms with E-state index in [1.165, 1.54) is 4.31 Å². The van der Waals surface area contributed by atoms with E-state index in [-0.39, 0.29) is 37.4 Å². The van der Waals surface area contributed by atoms with Crippen molar-refractivity contribution in [2.45, 2.75) is 24.3 Å². The molecule has 9 heteroatoms. The number of para-hydroxylation sites is 1. The molecule has 1 aliphatic rings. The zero-order valence-corrected chi connectivity index (χ0v) is 16.7. The van der Waals surface area contributed by atoms with Gasteiger partial charge in [0.1, 0.15) is 18.0 Å². The highest BCUT2D eigenvalue weighted by Gasteiger charge is 2.33. The van der Waals surface area contributed by atoms with E-state index in [1.807, 2.05) is 24.3 Å². The van der Waals surface area contributed by atoms with Crippen molar-refractivity contribution in [2.75, 3.05) is 13.1 Å². The maximum Gasteiger partial charge on any atom is 0.309 e. The minimum absolute atomic E-state index is 0.000876. The van der Waals surface area contributed by atoms with Gasteiger partial charge in [0.05, 0.1) is 10.8 Å². The quantitative estimate of drug-likeness (QED) is 0.569. The Kier molecular flexibility index (Phi) is 5.57. The highest BCUT2D eigenvalue weighted by molar-refractivity contribution is 7.89. The Balaban J connectivity index is 1.34. The van der Waals surface area contributed by atoms with Gasteiger partial charge in [-0.3, -0.25) is 4.79 Å². The molecule has 0 spiro atoms. The number of hydrogen-bond acceptors (Lipinski definition) is 5. The van der Waals surface area contributed by atoms with Crippen LogP contribution in [0, 0.1) is 17.6 Å². The van der Waals surface area contributed by atoms with Gasteiger partial charge in [-0.2, -0.15) is 4.31 Å². The highest BCUT2D eigenvalue weighted by atomic mass is 32.2. The zero-order chi connectivity index (χ0) is 21.3. The Morgan fingerprint density at radius 3 is 2.50 bits per heavy atom. The number of piperidine rings is 1. The summed E-state index contributed by atoms with van der Waals surface area (Å²) in [5, 5.41) is 0.916. The van der Waals surface area contributed by atoms with Crippen LogP contribution in [-0.4, -0.2) is 31.8 Å². The van der Waals surface area contributed by atoms with E-state index in [2.05, 4.69) is 0 Å². The lowest BCUT2D eigenvalue weighted by Gasteiger charge is -2.30. The lowest BCUT2D eigenvalue weighted by Crippen LogP contribution is -2.40. The first-order valence-electron chi connectivity index (χ1n) is 9.44. The Morgan fingerprint density at radius 1 is 1.07 bits per heavy atom. The fraction of sp³-hybridized carbons (Fsp3) is 0.286. The number of carbonyl (C=O) groups excluding carboxylic acids is 1. The number of furan rings is 1. The lowest BCUT2D eigenvalue weighted by molar-refractivity contribution is -0.151. The van der Waals surface area contributed by atoms with E-state index in [0.29, 0.717) is 17.4 Å². The topological polar surface area (TPSA) is 76.8 Å². The fourth-order valence-electron chi connectivity index (χ4n) is 3.49. The van der Waals surface area contributed by atoms with Gasteiger partial charge in [-0.05, 0) is 43.2 Å². The van der Waals surface area contributed by atoms with Gasteiger partial charge in [-0.15, -0.1) is 0 Å². The summed E-state index contributed by atoms with van der Waals surface area (Å²) in [6.45, 7) is 0.179. The largest absolute Gasteiger partial charge is 0.457 e. The number of halogens is 2. The molecular weight excluding hydrogens is 416 g/mol. The van der Waals surface area contributed by atoms with Crippen molar-refractivity contribution in [3.05, 3.63) is 65.9 Å². The molecule has 1 aliphatic heterocycles. The number of ether oxygens (including phenoxy) is 1. The summed E-state index contributed by atoms with van der Waals surface area (Å²) >= 11 is 0. The van der Waals surface area contributed by atoms with Crippen molar-refractivity contribution >= 4 is 27.0 Å². The average molecular weight is 435 g/mol. The molecule has 0 bridgehead atoms. The van der Waals surface area contributed by atoms with Crippen molar-refractivity contribution in [1.82, 2.24) is 4.31 Å². The third kappa shape index (κ3) is 4.08. The van der Waals surface area contributed by atoms with Crippen LogP contribution >= 0.6 is 0 Å². The van der Waals surface area contributed by atoms with Crippen molar-refractivity contribution in [1.29, 1.82) is 0 Å². The molecule has 0 radical (unpaired) electrons. The summed E-state index contributed by atoms with van der Waals surface area (Å²) < 4.78 is 63.9. The summed E-state index contributed by atoms with van der Waals surface area (Å²) in [6, 6.07) is 11.7. The molecule has 0 amide bonds. The average Bonchev–Trinajstić information content (AvgIpc) is 3.17. The van der Waals surface area contributed by atoms with Crippen LogP contribution in [0.5, 0.6) is 0 Å². The Labute approximate surface area is 172 Å². The molecule has 0 atom stereocenters. The van der Waals surface area contributed by atoms with E-state index in [4.69, 9.17) is 9.15 Å². The van der Waals surface area contributed by atoms with Crippen LogP contribution in [0.1, 0.15) is 18.6 Å². The molecule has 1 aromatic heterocycles. The van der Waals surface area contributed by atoms with Crippen LogP contribution in [-0.2, 0) is 26.2 Å². The third-order valence-corrected chi connectivity index (χ3v) is 7.04. The van der Waals surface area contributed by atoms with Gasteiger partial charge in [0.15, 0.2) is 11.6 Å². The number of benzene rings is 2. The summed E-state index contributed by atoms with van der Waals surface area (Å²) in [4.78, 5) is 12.1. The van der Waals surface area contributed by atoms with Crippen LogP contribution in [0.25, 0.3) is 11.0 Å². The van der Waals surface area contributed by atoms with E-state index >= 15 is 0 Å². The molecule has 2 aromatic carbocycles. The molecule has 2 heterocycles. The minimum atomic E-state index is -3.96. The van der Waals surface area contributed by atoms with Crippen molar-refractivity contribution < 1.29 is 31.1 Å². The van der Waals surface area contributed by atoms with Gasteiger partial charge in [0.25, 0.3) is 0 Å². The number of fused-ring (bicyclic) bond motifs is 1. The Morgan fingerprint density at radius 2 is 1.80 bits per heavy atom. The third-order valence-electron chi connectivity index (χ3n) is 5.15. The van der Waals surface area contributed by atoms with Crippen LogP contribution in [0.3, 0.4) is 0 Å². The molecule has 0 N–H and O–H groups in total. The molecule has 1 fully saturated rings. The summed E-state index contributed by atoms with van der Waals surface area (Å²) in [7, 11) is -3.96. The summed E-state index contributed by atoms with van der Waals surface area (Å²) in [5.41, 5.74) is 0.708. The first-order chi connectivity index (χ1) is 14.3. The molecule has 6 nitrogen and oxygen atoms in total. The standard InChI is InChI=1S/C21H19F2NO5S/c22-18-6-5-17(12-19(18)23)30(26,27)24-9-7-14(8-10-24)21(25)28-13-16-11-15-3-1-2-4-20(15)29-16/h1-6,11-12,14H,7-10,13H2. The molecular formula is C21H19F2NO5S. The SMILES string of the molecule is O=C(OCc1cc2ccccc2o1)C1CCN(S(=O)(=O)c2ccc(F)c(F)c2)CC1. The van der Waals surface area contributed by atoms with E-state index in [9.17, 15) is 22.0 Å². The molecule has 0 unspecified atom stereocenters. The number of hydrogen-bond donors (Lipinski definition) is 0. The molecule has 4 rings (SSSR count). The van der Waals surface area contributed by atoms with Crippen LogP contribution in [0.2, 0.25) is 0 Å². The maximum absolute atomic E-state index is 13.4. The number of carbonyl (C=O) groups is 1. The van der Waals surface area contributed by atoms with Gasteiger partial charge in [0.2, 0.25) is 10.0 Å². The van der Waals surface area contributed by atoms with Gasteiger partial charge in [-0.1, -0.05) is 18.2 Å². The first kappa shape index (κ1) is 20.5. The predicted molar refractivity (Wildman–Crippen MR) is 104 cm³/mol. The first-order valence-corrected chi connectivity index (χ1v) is 10.9.